The number of primary amides is 2. The summed E-state index contributed by atoms with van der Waals surface area (Å²) in [5.41, 5.74) is 11.2. The molecule has 0 saturated heterocycles. The molecule has 0 aliphatic rings. The van der Waals surface area contributed by atoms with Crippen LogP contribution >= 0.6 is 0 Å². The zero-order valence-electron chi connectivity index (χ0n) is 10.4. The quantitative estimate of drug-likeness (QED) is 0.753. The molecule has 0 bridgehead atoms. The molecule has 0 spiro atoms. The average molecular weight is 250 g/mol. The van der Waals surface area contributed by atoms with E-state index in [9.17, 15) is 9.59 Å². The van der Waals surface area contributed by atoms with Crippen molar-refractivity contribution in [3.63, 3.8) is 0 Å². The predicted octanol–water partition coefficient (Wildman–Crippen LogP) is 0.920. The maximum atomic E-state index is 11.4. The second kappa shape index (κ2) is 6.64. The van der Waals surface area contributed by atoms with Crippen LogP contribution in [0.1, 0.15) is 31.2 Å². The molecule has 0 aliphatic carbocycles. The van der Waals surface area contributed by atoms with Crippen molar-refractivity contribution in [1.82, 2.24) is 0 Å². The predicted molar refractivity (Wildman–Crippen MR) is 68.0 cm³/mol. The van der Waals surface area contributed by atoms with E-state index in [0.29, 0.717) is 18.8 Å². The maximum Gasteiger partial charge on any atom is 0.224 e. The van der Waals surface area contributed by atoms with Crippen molar-refractivity contribution in [3.8, 4) is 5.75 Å². The number of benzene rings is 1. The van der Waals surface area contributed by atoms with Gasteiger partial charge >= 0.3 is 0 Å². The van der Waals surface area contributed by atoms with E-state index < -0.39 is 17.7 Å². The van der Waals surface area contributed by atoms with Crippen LogP contribution in [0.2, 0.25) is 0 Å². The first-order chi connectivity index (χ1) is 8.54. The number of hydrogen-bond donors (Lipinski definition) is 2. The average Bonchev–Trinajstić information content (AvgIpc) is 2.29. The molecule has 1 rings (SSSR count). The van der Waals surface area contributed by atoms with E-state index in [-0.39, 0.29) is 6.42 Å². The topological polar surface area (TPSA) is 95.4 Å². The molecule has 1 unspecified atom stereocenters. The van der Waals surface area contributed by atoms with Gasteiger partial charge in [-0.25, -0.2) is 0 Å². The van der Waals surface area contributed by atoms with Gasteiger partial charge in [-0.1, -0.05) is 12.1 Å². The SMILES string of the molecule is CCOc1cccc(C(CCC(N)=O)C(N)=O)c1. The smallest absolute Gasteiger partial charge is 0.224 e. The van der Waals surface area contributed by atoms with E-state index in [2.05, 4.69) is 0 Å². The summed E-state index contributed by atoms with van der Waals surface area (Å²) in [5, 5.41) is 0. The van der Waals surface area contributed by atoms with Crippen LogP contribution in [0.3, 0.4) is 0 Å². The van der Waals surface area contributed by atoms with Crippen LogP contribution in [0.15, 0.2) is 24.3 Å². The summed E-state index contributed by atoms with van der Waals surface area (Å²) in [7, 11) is 0. The molecule has 5 heteroatoms. The van der Waals surface area contributed by atoms with E-state index in [1.165, 1.54) is 0 Å². The highest BCUT2D eigenvalue weighted by Crippen LogP contribution is 2.24. The second-order valence-corrected chi connectivity index (χ2v) is 3.97. The summed E-state index contributed by atoms with van der Waals surface area (Å²) in [6.07, 6.45) is 0.451. The van der Waals surface area contributed by atoms with Gasteiger partial charge in [-0.2, -0.15) is 0 Å². The zero-order valence-corrected chi connectivity index (χ0v) is 10.4. The number of carbonyl (C=O) groups is 2. The summed E-state index contributed by atoms with van der Waals surface area (Å²) < 4.78 is 5.36. The van der Waals surface area contributed by atoms with Crippen molar-refractivity contribution in [2.75, 3.05) is 6.61 Å². The minimum Gasteiger partial charge on any atom is -0.494 e. The molecular weight excluding hydrogens is 232 g/mol. The summed E-state index contributed by atoms with van der Waals surface area (Å²) in [4.78, 5) is 22.2. The van der Waals surface area contributed by atoms with Crippen LogP contribution in [-0.4, -0.2) is 18.4 Å². The number of nitrogens with two attached hydrogens (primary N) is 2. The lowest BCUT2D eigenvalue weighted by molar-refractivity contribution is -0.120. The lowest BCUT2D eigenvalue weighted by Gasteiger charge is -2.14. The molecule has 0 aromatic heterocycles. The minimum absolute atomic E-state index is 0.131. The third-order valence-electron chi connectivity index (χ3n) is 2.59. The van der Waals surface area contributed by atoms with Gasteiger partial charge in [0, 0.05) is 6.42 Å². The van der Waals surface area contributed by atoms with Gasteiger partial charge in [0.15, 0.2) is 0 Å². The Morgan fingerprint density at radius 2 is 2.06 bits per heavy atom. The van der Waals surface area contributed by atoms with Crippen LogP contribution < -0.4 is 16.2 Å². The van der Waals surface area contributed by atoms with Gasteiger partial charge in [-0.05, 0) is 31.0 Å². The Morgan fingerprint density at radius 1 is 1.33 bits per heavy atom. The molecule has 98 valence electrons. The first-order valence-corrected chi connectivity index (χ1v) is 5.85. The Hall–Kier alpha value is -2.04. The molecular formula is C13H18N2O3. The van der Waals surface area contributed by atoms with Crippen molar-refractivity contribution < 1.29 is 14.3 Å². The fraction of sp³-hybridized carbons (Fsp3) is 0.385. The summed E-state index contributed by atoms with van der Waals surface area (Å²) in [6.45, 7) is 2.43. The molecule has 2 amide bonds. The first kappa shape index (κ1) is 14.0. The molecule has 5 nitrogen and oxygen atoms in total. The lowest BCUT2D eigenvalue weighted by atomic mass is 9.93. The van der Waals surface area contributed by atoms with Gasteiger partial charge in [0.2, 0.25) is 11.8 Å². The molecule has 1 aromatic carbocycles. The monoisotopic (exact) mass is 250 g/mol. The number of carbonyl (C=O) groups excluding carboxylic acids is 2. The second-order valence-electron chi connectivity index (χ2n) is 3.97. The Balaban J connectivity index is 2.87. The van der Waals surface area contributed by atoms with Crippen LogP contribution in [-0.2, 0) is 9.59 Å². The number of hydrogen-bond acceptors (Lipinski definition) is 3. The fourth-order valence-electron chi connectivity index (χ4n) is 1.75. The zero-order chi connectivity index (χ0) is 13.5. The molecule has 0 heterocycles. The first-order valence-electron chi connectivity index (χ1n) is 5.85. The highest BCUT2D eigenvalue weighted by atomic mass is 16.5. The molecule has 0 saturated carbocycles. The molecule has 0 fully saturated rings. The van der Waals surface area contributed by atoms with Crippen molar-refractivity contribution >= 4 is 11.8 Å². The normalized spacial score (nSPS) is 11.8. The van der Waals surface area contributed by atoms with Crippen LogP contribution in [0.5, 0.6) is 5.75 Å². The third-order valence-corrected chi connectivity index (χ3v) is 2.59. The van der Waals surface area contributed by atoms with Crippen molar-refractivity contribution in [2.45, 2.75) is 25.7 Å². The minimum atomic E-state index is -0.516. The molecule has 0 aliphatic heterocycles. The molecule has 1 atom stereocenters. The lowest BCUT2D eigenvalue weighted by Crippen LogP contribution is -2.23. The number of amides is 2. The van der Waals surface area contributed by atoms with E-state index >= 15 is 0 Å². The highest BCUT2D eigenvalue weighted by Gasteiger charge is 2.19. The van der Waals surface area contributed by atoms with Crippen molar-refractivity contribution in [1.29, 1.82) is 0 Å². The van der Waals surface area contributed by atoms with Gasteiger partial charge < -0.3 is 16.2 Å². The summed E-state index contributed by atoms with van der Waals surface area (Å²) in [5.74, 6) is -0.745. The fourth-order valence-corrected chi connectivity index (χ4v) is 1.75. The summed E-state index contributed by atoms with van der Waals surface area (Å²) >= 11 is 0. The largest absolute Gasteiger partial charge is 0.494 e. The van der Waals surface area contributed by atoms with E-state index in [0.717, 1.165) is 5.56 Å². The Bertz CT molecular complexity index is 432. The van der Waals surface area contributed by atoms with E-state index in [1.54, 1.807) is 24.3 Å². The third kappa shape index (κ3) is 4.08. The van der Waals surface area contributed by atoms with Gasteiger partial charge in [-0.3, -0.25) is 9.59 Å². The maximum absolute atomic E-state index is 11.4. The standard InChI is InChI=1S/C13H18N2O3/c1-2-18-10-5-3-4-9(8-10)11(13(15)17)6-7-12(14)16/h3-5,8,11H,2,6-7H2,1H3,(H2,14,16)(H2,15,17). The molecule has 1 aromatic rings. The molecule has 4 N–H and O–H groups in total. The Kier molecular flexibility index (Phi) is 5.17. The van der Waals surface area contributed by atoms with Crippen molar-refractivity contribution in [2.24, 2.45) is 11.5 Å². The van der Waals surface area contributed by atoms with E-state index in [1.807, 2.05) is 6.92 Å². The highest BCUT2D eigenvalue weighted by molar-refractivity contribution is 5.83. The Labute approximate surface area is 106 Å². The number of rotatable bonds is 7. The van der Waals surface area contributed by atoms with Gasteiger partial charge in [0.05, 0.1) is 12.5 Å². The summed E-state index contributed by atoms with van der Waals surface area (Å²) in [6, 6.07) is 7.15. The van der Waals surface area contributed by atoms with Crippen LogP contribution in [0.4, 0.5) is 0 Å². The van der Waals surface area contributed by atoms with Gasteiger partial charge in [0.25, 0.3) is 0 Å². The molecule has 18 heavy (non-hydrogen) atoms. The number of ether oxygens (including phenoxy) is 1. The van der Waals surface area contributed by atoms with Crippen LogP contribution in [0, 0.1) is 0 Å². The van der Waals surface area contributed by atoms with Crippen molar-refractivity contribution in [3.05, 3.63) is 29.8 Å². The molecule has 0 radical (unpaired) electrons. The van der Waals surface area contributed by atoms with Gasteiger partial charge in [-0.15, -0.1) is 0 Å². The van der Waals surface area contributed by atoms with E-state index in [4.69, 9.17) is 16.2 Å². The Morgan fingerprint density at radius 3 is 2.61 bits per heavy atom. The van der Waals surface area contributed by atoms with Crippen LogP contribution in [0.25, 0.3) is 0 Å². The van der Waals surface area contributed by atoms with Gasteiger partial charge in [0.1, 0.15) is 5.75 Å².